The van der Waals surface area contributed by atoms with Crippen molar-refractivity contribution in [3.05, 3.63) is 70.8 Å². The van der Waals surface area contributed by atoms with Crippen molar-refractivity contribution >= 4 is 5.97 Å². The summed E-state index contributed by atoms with van der Waals surface area (Å²) in [6.45, 7) is -0.238. The number of phenolic OH excluding ortho intramolecular Hbond substituents is 2. The third kappa shape index (κ3) is 6.28. The van der Waals surface area contributed by atoms with Crippen LogP contribution in [-0.2, 0) is 22.4 Å². The van der Waals surface area contributed by atoms with Crippen LogP contribution in [0.3, 0.4) is 0 Å². The van der Waals surface area contributed by atoms with Crippen LogP contribution in [0.5, 0.6) is 34.5 Å². The van der Waals surface area contributed by atoms with Crippen molar-refractivity contribution in [1.82, 2.24) is 0 Å². The highest BCUT2D eigenvalue weighted by atomic mass is 16.5. The molecule has 0 spiro atoms. The summed E-state index contributed by atoms with van der Waals surface area (Å²) in [7, 11) is 5.93. The largest absolute Gasteiger partial charge is 0.504 e. The van der Waals surface area contributed by atoms with Gasteiger partial charge in [-0.15, -0.1) is 0 Å². The summed E-state index contributed by atoms with van der Waals surface area (Å²) in [4.78, 5) is 12.8. The number of hydrogen-bond acceptors (Lipinski definition) is 10. The lowest BCUT2D eigenvalue weighted by Gasteiger charge is -2.25. The average molecular weight is 569 g/mol. The van der Waals surface area contributed by atoms with Gasteiger partial charge >= 0.3 is 5.97 Å². The van der Waals surface area contributed by atoms with Crippen molar-refractivity contribution in [1.29, 1.82) is 0 Å². The molecular formula is C31H36O10. The molecule has 0 radical (unpaired) electrons. The fraction of sp³-hybridized carbons (Fsp3) is 0.387. The van der Waals surface area contributed by atoms with Gasteiger partial charge in [0.15, 0.2) is 34.5 Å². The van der Waals surface area contributed by atoms with E-state index in [1.165, 1.54) is 32.4 Å². The Hall–Kier alpha value is -4.15. The highest BCUT2D eigenvalue weighted by Gasteiger charge is 2.37. The first-order valence-corrected chi connectivity index (χ1v) is 13.2. The monoisotopic (exact) mass is 568 g/mol. The normalized spacial score (nSPS) is 18.0. The molecule has 0 aromatic heterocycles. The van der Waals surface area contributed by atoms with Gasteiger partial charge < -0.3 is 44.1 Å². The zero-order valence-electron chi connectivity index (χ0n) is 23.5. The third-order valence-electron chi connectivity index (χ3n) is 7.62. The Morgan fingerprint density at radius 3 is 2.17 bits per heavy atom. The Labute approximate surface area is 238 Å². The number of benzene rings is 3. The molecule has 3 aromatic rings. The predicted molar refractivity (Wildman–Crippen MR) is 149 cm³/mol. The Morgan fingerprint density at radius 1 is 0.829 bits per heavy atom. The number of cyclic esters (lactones) is 1. The van der Waals surface area contributed by atoms with Gasteiger partial charge in [0.1, 0.15) is 0 Å². The number of carbonyl (C=O) groups excluding carboxylic acids is 1. The number of phenols is 2. The van der Waals surface area contributed by atoms with E-state index in [2.05, 4.69) is 0 Å². The molecule has 1 heterocycles. The standard InChI is InChI=1S/C31H36O10/c1-37-25-8-5-17(12-27(25)39-3)9-20-16-41-31(36)21(20)10-18-11-22(30(35)28(13-18)40-4)23(15-32)29(34)19-6-7-24(33)26(14-19)38-2/h5-8,11-14,20-21,23,29,32-35H,9-10,15-16H2,1-4H3/t20-,21+,23-,29-/m0/s1. The molecule has 220 valence electrons. The van der Waals surface area contributed by atoms with Crippen LogP contribution >= 0.6 is 0 Å². The molecule has 1 saturated heterocycles. The molecule has 0 saturated carbocycles. The number of aromatic hydroxyl groups is 2. The Bertz CT molecular complexity index is 1370. The predicted octanol–water partition coefficient (Wildman–Crippen LogP) is 3.52. The molecule has 1 aliphatic heterocycles. The first kappa shape index (κ1) is 29.8. The van der Waals surface area contributed by atoms with Crippen molar-refractivity contribution < 1.29 is 48.9 Å². The highest BCUT2D eigenvalue weighted by Crippen LogP contribution is 2.43. The maximum atomic E-state index is 12.8. The summed E-state index contributed by atoms with van der Waals surface area (Å²) < 4.78 is 26.7. The summed E-state index contributed by atoms with van der Waals surface area (Å²) >= 11 is 0. The fourth-order valence-electron chi connectivity index (χ4n) is 5.34. The molecule has 10 nitrogen and oxygen atoms in total. The average Bonchev–Trinajstić information content (AvgIpc) is 3.32. The molecule has 3 aromatic carbocycles. The molecule has 4 N–H and O–H groups in total. The third-order valence-corrected chi connectivity index (χ3v) is 7.62. The number of aliphatic hydroxyl groups excluding tert-OH is 2. The van der Waals surface area contributed by atoms with E-state index in [1.54, 1.807) is 26.4 Å². The maximum absolute atomic E-state index is 12.8. The number of ether oxygens (including phenoxy) is 5. The number of carbonyl (C=O) groups is 1. The Kier molecular flexibility index (Phi) is 9.46. The van der Waals surface area contributed by atoms with E-state index in [1.807, 2.05) is 18.2 Å². The quantitative estimate of drug-likeness (QED) is 0.240. The van der Waals surface area contributed by atoms with Gasteiger partial charge in [-0.3, -0.25) is 4.79 Å². The molecule has 41 heavy (non-hydrogen) atoms. The molecule has 0 bridgehead atoms. The van der Waals surface area contributed by atoms with E-state index in [4.69, 9.17) is 23.7 Å². The molecule has 1 aliphatic rings. The molecule has 1 fully saturated rings. The van der Waals surface area contributed by atoms with E-state index in [9.17, 15) is 25.2 Å². The maximum Gasteiger partial charge on any atom is 0.309 e. The lowest BCUT2D eigenvalue weighted by Crippen LogP contribution is -2.21. The van der Waals surface area contributed by atoms with Crippen LogP contribution in [0.2, 0.25) is 0 Å². The van der Waals surface area contributed by atoms with E-state index >= 15 is 0 Å². The van der Waals surface area contributed by atoms with Gasteiger partial charge in [0.05, 0.1) is 53.7 Å². The smallest absolute Gasteiger partial charge is 0.309 e. The van der Waals surface area contributed by atoms with Crippen molar-refractivity contribution in [2.45, 2.75) is 24.9 Å². The van der Waals surface area contributed by atoms with Crippen LogP contribution in [-0.4, -0.2) is 68.0 Å². The fourth-order valence-corrected chi connectivity index (χ4v) is 5.34. The number of methoxy groups -OCH3 is 4. The molecule has 0 amide bonds. The zero-order valence-corrected chi connectivity index (χ0v) is 23.5. The number of rotatable bonds is 12. The van der Waals surface area contributed by atoms with Gasteiger partial charge in [-0.05, 0) is 59.9 Å². The summed E-state index contributed by atoms with van der Waals surface area (Å²) in [5.74, 6) is -0.658. The van der Waals surface area contributed by atoms with Gasteiger partial charge in [0, 0.05) is 17.4 Å². The molecule has 4 rings (SSSR count). The lowest BCUT2D eigenvalue weighted by atomic mass is 9.83. The van der Waals surface area contributed by atoms with Gasteiger partial charge in [-0.2, -0.15) is 0 Å². The van der Waals surface area contributed by atoms with Crippen LogP contribution in [0, 0.1) is 11.8 Å². The zero-order chi connectivity index (χ0) is 29.7. The summed E-state index contributed by atoms with van der Waals surface area (Å²) in [6, 6.07) is 13.3. The van der Waals surface area contributed by atoms with Crippen LogP contribution < -0.4 is 18.9 Å². The van der Waals surface area contributed by atoms with E-state index in [0.717, 1.165) is 5.56 Å². The first-order chi connectivity index (χ1) is 19.7. The minimum Gasteiger partial charge on any atom is -0.504 e. The number of hydrogen-bond donors (Lipinski definition) is 4. The highest BCUT2D eigenvalue weighted by molar-refractivity contribution is 5.75. The van der Waals surface area contributed by atoms with E-state index in [0.29, 0.717) is 35.5 Å². The van der Waals surface area contributed by atoms with Crippen LogP contribution in [0.15, 0.2) is 48.5 Å². The molecular weight excluding hydrogens is 532 g/mol. The first-order valence-electron chi connectivity index (χ1n) is 13.2. The number of aliphatic hydroxyl groups is 2. The summed E-state index contributed by atoms with van der Waals surface area (Å²) in [6.07, 6.45) is -0.393. The molecule has 0 unspecified atom stereocenters. The summed E-state index contributed by atoms with van der Waals surface area (Å²) in [5, 5.41) is 42.4. The Morgan fingerprint density at radius 2 is 1.51 bits per heavy atom. The van der Waals surface area contributed by atoms with Crippen molar-refractivity contribution in [2.75, 3.05) is 41.7 Å². The van der Waals surface area contributed by atoms with Crippen LogP contribution in [0.4, 0.5) is 0 Å². The second-order valence-electron chi connectivity index (χ2n) is 10.00. The van der Waals surface area contributed by atoms with E-state index < -0.39 is 24.5 Å². The minimum absolute atomic E-state index is 0.0957. The van der Waals surface area contributed by atoms with Crippen molar-refractivity contribution in [3.63, 3.8) is 0 Å². The second kappa shape index (κ2) is 13.0. The van der Waals surface area contributed by atoms with E-state index in [-0.39, 0.29) is 47.1 Å². The topological polar surface area (TPSA) is 144 Å². The SMILES string of the molecule is COc1cc([C@H](O)[C@@H](CO)c2cc(C[C@H]3C(=O)OC[C@@H]3Cc3ccc(OC)c(OC)c3)cc(OC)c2O)ccc1O. The minimum atomic E-state index is -1.25. The van der Waals surface area contributed by atoms with Gasteiger partial charge in [0.25, 0.3) is 0 Å². The number of esters is 1. The molecule has 0 aliphatic carbocycles. The Balaban J connectivity index is 1.63. The van der Waals surface area contributed by atoms with Gasteiger partial charge in [0.2, 0.25) is 0 Å². The second-order valence-corrected chi connectivity index (χ2v) is 10.00. The van der Waals surface area contributed by atoms with Crippen molar-refractivity contribution in [2.24, 2.45) is 11.8 Å². The van der Waals surface area contributed by atoms with Gasteiger partial charge in [-0.1, -0.05) is 18.2 Å². The van der Waals surface area contributed by atoms with Crippen LogP contribution in [0.25, 0.3) is 0 Å². The van der Waals surface area contributed by atoms with Gasteiger partial charge in [-0.25, -0.2) is 0 Å². The summed E-state index contributed by atoms with van der Waals surface area (Å²) in [5.41, 5.74) is 2.26. The molecule has 4 atom stereocenters. The van der Waals surface area contributed by atoms with Crippen LogP contribution in [0.1, 0.15) is 34.3 Å². The van der Waals surface area contributed by atoms with Crippen molar-refractivity contribution in [3.8, 4) is 34.5 Å². The molecule has 10 heteroatoms. The lowest BCUT2D eigenvalue weighted by molar-refractivity contribution is -0.141.